The molecule has 8 heteroatoms. The van der Waals surface area contributed by atoms with Crippen LogP contribution in [0.15, 0.2) is 66.7 Å². The number of hydrogen-bond acceptors (Lipinski definition) is 4. The highest BCUT2D eigenvalue weighted by atomic mass is 35.5. The third kappa shape index (κ3) is 6.23. The summed E-state index contributed by atoms with van der Waals surface area (Å²) in [6.45, 7) is 4.48. The summed E-state index contributed by atoms with van der Waals surface area (Å²) in [7, 11) is 0. The van der Waals surface area contributed by atoms with Gasteiger partial charge in [-0.25, -0.2) is 0 Å². The fourth-order valence-corrected chi connectivity index (χ4v) is 4.19. The van der Waals surface area contributed by atoms with Crippen molar-refractivity contribution >= 4 is 40.7 Å². The monoisotopic (exact) mass is 505 g/mol. The van der Waals surface area contributed by atoms with Crippen molar-refractivity contribution in [1.29, 1.82) is 0 Å². The Morgan fingerprint density at radius 1 is 1.03 bits per heavy atom. The van der Waals surface area contributed by atoms with Gasteiger partial charge >= 0.3 is 0 Å². The van der Waals surface area contributed by atoms with Crippen molar-refractivity contribution in [3.05, 3.63) is 88.4 Å². The summed E-state index contributed by atoms with van der Waals surface area (Å²) in [4.78, 5) is 39.1. The molecule has 186 valence electrons. The normalized spacial score (nSPS) is 15.0. The van der Waals surface area contributed by atoms with Gasteiger partial charge in [0.2, 0.25) is 11.8 Å². The number of halogens is 1. The maximum Gasteiger partial charge on any atom is 0.262 e. The van der Waals surface area contributed by atoms with Gasteiger partial charge in [0.15, 0.2) is 6.61 Å². The van der Waals surface area contributed by atoms with E-state index in [1.54, 1.807) is 41.3 Å². The minimum atomic E-state index is -0.406. The molecule has 1 aliphatic heterocycles. The minimum absolute atomic E-state index is 0.101. The van der Waals surface area contributed by atoms with E-state index in [-0.39, 0.29) is 30.7 Å². The molecule has 0 saturated carbocycles. The first-order valence-electron chi connectivity index (χ1n) is 11.7. The van der Waals surface area contributed by atoms with Crippen LogP contribution in [0.5, 0.6) is 5.75 Å². The number of benzene rings is 3. The summed E-state index contributed by atoms with van der Waals surface area (Å²) in [6.07, 6.45) is 0.168. The molecule has 36 heavy (non-hydrogen) atoms. The number of carbonyl (C=O) groups is 3. The highest BCUT2D eigenvalue weighted by molar-refractivity contribution is 6.31. The molecule has 0 unspecified atom stereocenters. The Hall–Kier alpha value is -3.84. The summed E-state index contributed by atoms with van der Waals surface area (Å²) in [5.74, 6) is -0.453. The quantitative estimate of drug-likeness (QED) is 0.466. The molecule has 2 N–H and O–H groups in total. The molecular formula is C28H28ClN3O4. The van der Waals surface area contributed by atoms with Gasteiger partial charge in [0.25, 0.3) is 5.91 Å². The molecule has 1 saturated heterocycles. The molecule has 1 heterocycles. The van der Waals surface area contributed by atoms with E-state index in [0.29, 0.717) is 35.2 Å². The van der Waals surface area contributed by atoms with Gasteiger partial charge in [0.1, 0.15) is 5.75 Å². The van der Waals surface area contributed by atoms with Crippen LogP contribution >= 0.6 is 11.6 Å². The Morgan fingerprint density at radius 2 is 1.78 bits per heavy atom. The zero-order chi connectivity index (χ0) is 25.7. The number of ether oxygens (including phenoxy) is 1. The fraction of sp³-hybridized carbons (Fsp3) is 0.250. The smallest absolute Gasteiger partial charge is 0.262 e. The second-order valence-electron chi connectivity index (χ2n) is 8.84. The van der Waals surface area contributed by atoms with Gasteiger partial charge in [-0.3, -0.25) is 14.4 Å². The molecule has 4 rings (SSSR count). The molecule has 3 aromatic rings. The van der Waals surface area contributed by atoms with Crippen molar-refractivity contribution in [3.63, 3.8) is 0 Å². The summed E-state index contributed by atoms with van der Waals surface area (Å²) in [6, 6.07) is 20.1. The molecule has 1 atom stereocenters. The Balaban J connectivity index is 1.27. The van der Waals surface area contributed by atoms with Crippen LogP contribution in [0.25, 0.3) is 0 Å². The summed E-state index contributed by atoms with van der Waals surface area (Å²) >= 11 is 6.09. The molecule has 3 aromatic carbocycles. The molecule has 0 spiro atoms. The lowest BCUT2D eigenvalue weighted by atomic mass is 10.1. The van der Waals surface area contributed by atoms with E-state index in [1.165, 1.54) is 0 Å². The van der Waals surface area contributed by atoms with Crippen LogP contribution in [0.2, 0.25) is 5.02 Å². The average molecular weight is 506 g/mol. The highest BCUT2D eigenvalue weighted by Crippen LogP contribution is 2.27. The molecule has 0 bridgehead atoms. The van der Waals surface area contributed by atoms with E-state index >= 15 is 0 Å². The number of nitrogens with zero attached hydrogens (tertiary/aromatic N) is 1. The van der Waals surface area contributed by atoms with Gasteiger partial charge in [-0.05, 0) is 66.9 Å². The lowest BCUT2D eigenvalue weighted by Gasteiger charge is -2.17. The summed E-state index contributed by atoms with van der Waals surface area (Å²) in [5.41, 5.74) is 4.37. The van der Waals surface area contributed by atoms with E-state index in [1.807, 2.05) is 44.2 Å². The van der Waals surface area contributed by atoms with Gasteiger partial charge in [-0.1, -0.05) is 41.9 Å². The van der Waals surface area contributed by atoms with Crippen LogP contribution in [0.4, 0.5) is 11.4 Å². The third-order valence-corrected chi connectivity index (χ3v) is 6.59. The zero-order valence-electron chi connectivity index (χ0n) is 20.2. The molecule has 1 fully saturated rings. The Kier molecular flexibility index (Phi) is 7.90. The van der Waals surface area contributed by atoms with Crippen LogP contribution in [-0.2, 0) is 20.9 Å². The number of rotatable bonds is 8. The summed E-state index contributed by atoms with van der Waals surface area (Å²) < 4.78 is 5.57. The predicted octanol–water partition coefficient (Wildman–Crippen LogP) is 4.64. The first-order chi connectivity index (χ1) is 17.3. The third-order valence-electron chi connectivity index (χ3n) is 6.18. The van der Waals surface area contributed by atoms with Crippen molar-refractivity contribution in [2.45, 2.75) is 26.8 Å². The van der Waals surface area contributed by atoms with Crippen molar-refractivity contribution in [2.24, 2.45) is 5.92 Å². The SMILES string of the molecule is Cc1ccc(NC(=O)COc2ccc(N3C[C@@H](C(=O)NCc4ccccc4C)CC3=O)cc2)cc1Cl. The van der Waals surface area contributed by atoms with E-state index in [9.17, 15) is 14.4 Å². The number of carbonyl (C=O) groups excluding carboxylic acids is 3. The number of nitrogens with one attached hydrogen (secondary N) is 2. The fourth-order valence-electron chi connectivity index (χ4n) is 4.01. The number of anilines is 2. The second kappa shape index (κ2) is 11.3. The van der Waals surface area contributed by atoms with Gasteiger partial charge in [-0.2, -0.15) is 0 Å². The first-order valence-corrected chi connectivity index (χ1v) is 12.1. The number of amides is 3. The number of hydrogen-bond donors (Lipinski definition) is 2. The Bertz CT molecular complexity index is 1280. The van der Waals surface area contributed by atoms with Crippen LogP contribution in [0.3, 0.4) is 0 Å². The van der Waals surface area contributed by atoms with E-state index in [4.69, 9.17) is 16.3 Å². The van der Waals surface area contributed by atoms with Crippen molar-refractivity contribution < 1.29 is 19.1 Å². The van der Waals surface area contributed by atoms with Gasteiger partial charge in [0, 0.05) is 35.9 Å². The minimum Gasteiger partial charge on any atom is -0.484 e. The van der Waals surface area contributed by atoms with Crippen LogP contribution in [0.1, 0.15) is 23.1 Å². The maximum absolute atomic E-state index is 12.7. The molecule has 1 aliphatic rings. The Labute approximate surface area is 215 Å². The van der Waals surface area contributed by atoms with E-state index in [2.05, 4.69) is 10.6 Å². The lowest BCUT2D eigenvalue weighted by molar-refractivity contribution is -0.126. The van der Waals surface area contributed by atoms with Crippen molar-refractivity contribution in [2.75, 3.05) is 23.4 Å². The first kappa shape index (κ1) is 25.3. The van der Waals surface area contributed by atoms with Crippen molar-refractivity contribution in [3.8, 4) is 5.75 Å². The maximum atomic E-state index is 12.7. The topological polar surface area (TPSA) is 87.7 Å². The zero-order valence-corrected chi connectivity index (χ0v) is 21.0. The highest BCUT2D eigenvalue weighted by Gasteiger charge is 2.35. The second-order valence-corrected chi connectivity index (χ2v) is 9.25. The lowest BCUT2D eigenvalue weighted by Crippen LogP contribution is -2.32. The summed E-state index contributed by atoms with van der Waals surface area (Å²) in [5, 5.41) is 6.27. The van der Waals surface area contributed by atoms with Crippen molar-refractivity contribution in [1.82, 2.24) is 5.32 Å². The molecular weight excluding hydrogens is 478 g/mol. The van der Waals surface area contributed by atoms with Crippen LogP contribution < -0.4 is 20.3 Å². The Morgan fingerprint density at radius 3 is 2.50 bits per heavy atom. The molecule has 3 amide bonds. The molecule has 0 aromatic heterocycles. The van der Waals surface area contributed by atoms with Gasteiger partial charge in [-0.15, -0.1) is 0 Å². The van der Waals surface area contributed by atoms with Crippen LogP contribution in [0, 0.1) is 19.8 Å². The molecule has 0 aliphatic carbocycles. The molecule has 0 radical (unpaired) electrons. The largest absolute Gasteiger partial charge is 0.484 e. The standard InChI is InChI=1S/C28H28ClN3O4/c1-18-5-3-4-6-20(18)15-30-28(35)21-13-27(34)32(16-21)23-9-11-24(12-10-23)36-17-26(33)31-22-8-7-19(2)25(29)14-22/h3-12,14,21H,13,15-17H2,1-2H3,(H,30,35)(H,31,33)/t21-/m0/s1. The molecule has 7 nitrogen and oxygen atoms in total. The van der Waals surface area contributed by atoms with E-state index < -0.39 is 5.92 Å². The van der Waals surface area contributed by atoms with Gasteiger partial charge < -0.3 is 20.3 Å². The van der Waals surface area contributed by atoms with Gasteiger partial charge in [0.05, 0.1) is 5.92 Å². The van der Waals surface area contributed by atoms with E-state index in [0.717, 1.165) is 16.7 Å². The average Bonchev–Trinajstić information content (AvgIpc) is 3.26. The predicted molar refractivity (Wildman–Crippen MR) is 140 cm³/mol. The van der Waals surface area contributed by atoms with Crippen LogP contribution in [-0.4, -0.2) is 30.9 Å². The number of aryl methyl sites for hydroxylation is 2.